The fourth-order valence-electron chi connectivity index (χ4n) is 1.79. The molecule has 2 N–H and O–H groups in total. The van der Waals surface area contributed by atoms with E-state index in [4.69, 9.17) is 0 Å². The lowest BCUT2D eigenvalue weighted by Gasteiger charge is -2.14. The van der Waals surface area contributed by atoms with Crippen molar-refractivity contribution in [1.29, 1.82) is 0 Å². The molecule has 1 atom stereocenters. The predicted octanol–water partition coefficient (Wildman–Crippen LogP) is 1.65. The first-order chi connectivity index (χ1) is 10.1. The molecule has 0 saturated carbocycles. The lowest BCUT2D eigenvalue weighted by molar-refractivity contribution is -0.139. The largest absolute Gasteiger partial charge is 0.480 e. The quantitative estimate of drug-likeness (QED) is 0.876. The zero-order chi connectivity index (χ0) is 15.2. The molecule has 0 aliphatic rings. The van der Waals surface area contributed by atoms with Crippen LogP contribution in [-0.4, -0.2) is 28.0 Å². The highest BCUT2D eigenvalue weighted by molar-refractivity contribution is 5.94. The number of benzene rings is 1. The van der Waals surface area contributed by atoms with Gasteiger partial charge in [0.15, 0.2) is 0 Å². The van der Waals surface area contributed by atoms with Crippen molar-refractivity contribution in [3.8, 4) is 0 Å². The van der Waals surface area contributed by atoms with Crippen molar-refractivity contribution in [2.24, 2.45) is 0 Å². The Balaban J connectivity index is 2.07. The van der Waals surface area contributed by atoms with Gasteiger partial charge in [-0.3, -0.25) is 9.78 Å². The molecule has 0 radical (unpaired) electrons. The van der Waals surface area contributed by atoms with E-state index in [1.807, 2.05) is 0 Å². The van der Waals surface area contributed by atoms with Crippen LogP contribution < -0.4 is 5.32 Å². The number of nitrogens with one attached hydrogen (secondary N) is 1. The molecule has 0 aliphatic heterocycles. The molecular formula is C15H13FN2O3. The summed E-state index contributed by atoms with van der Waals surface area (Å²) in [6.45, 7) is 0. The maximum Gasteiger partial charge on any atom is 0.326 e. The van der Waals surface area contributed by atoms with Gasteiger partial charge in [0.05, 0.1) is 0 Å². The summed E-state index contributed by atoms with van der Waals surface area (Å²) in [5.74, 6) is -2.13. The lowest BCUT2D eigenvalue weighted by atomic mass is 10.1. The van der Waals surface area contributed by atoms with Gasteiger partial charge in [-0.05, 0) is 29.8 Å². The van der Waals surface area contributed by atoms with Gasteiger partial charge < -0.3 is 10.4 Å². The van der Waals surface area contributed by atoms with Gasteiger partial charge in [0.2, 0.25) is 0 Å². The molecule has 0 bridgehead atoms. The van der Waals surface area contributed by atoms with Crippen LogP contribution in [0.5, 0.6) is 0 Å². The number of nitrogens with zero attached hydrogens (tertiary/aromatic N) is 1. The van der Waals surface area contributed by atoms with Crippen LogP contribution in [0, 0.1) is 5.82 Å². The summed E-state index contributed by atoms with van der Waals surface area (Å²) >= 11 is 0. The highest BCUT2D eigenvalue weighted by atomic mass is 19.1. The smallest absolute Gasteiger partial charge is 0.326 e. The van der Waals surface area contributed by atoms with Gasteiger partial charge in [-0.2, -0.15) is 0 Å². The number of rotatable bonds is 5. The van der Waals surface area contributed by atoms with Gasteiger partial charge in [0, 0.05) is 12.6 Å². The molecule has 1 aromatic carbocycles. The van der Waals surface area contributed by atoms with E-state index in [1.54, 1.807) is 12.1 Å². The van der Waals surface area contributed by atoms with Crippen LogP contribution in [0.25, 0.3) is 0 Å². The van der Waals surface area contributed by atoms with Crippen molar-refractivity contribution < 1.29 is 19.1 Å². The Kier molecular flexibility index (Phi) is 4.61. The molecule has 0 spiro atoms. The van der Waals surface area contributed by atoms with Crippen LogP contribution in [0.3, 0.4) is 0 Å². The fourth-order valence-corrected chi connectivity index (χ4v) is 1.79. The van der Waals surface area contributed by atoms with E-state index in [9.17, 15) is 19.1 Å². The summed E-state index contributed by atoms with van der Waals surface area (Å²) in [6, 6.07) is 9.14. The summed E-state index contributed by atoms with van der Waals surface area (Å²) in [5.41, 5.74) is 0.757. The van der Waals surface area contributed by atoms with E-state index in [-0.39, 0.29) is 12.1 Å². The molecule has 2 aromatic rings. The molecule has 1 amide bonds. The number of aromatic nitrogens is 1. The third-order valence-electron chi connectivity index (χ3n) is 2.85. The van der Waals surface area contributed by atoms with E-state index in [0.717, 1.165) is 0 Å². The van der Waals surface area contributed by atoms with Gasteiger partial charge in [0.1, 0.15) is 17.6 Å². The second-order valence-electron chi connectivity index (χ2n) is 4.41. The van der Waals surface area contributed by atoms with Crippen LogP contribution >= 0.6 is 0 Å². The molecule has 0 unspecified atom stereocenters. The molecule has 0 saturated heterocycles. The zero-order valence-corrected chi connectivity index (χ0v) is 11.0. The molecule has 0 aliphatic carbocycles. The average Bonchev–Trinajstić information content (AvgIpc) is 2.49. The van der Waals surface area contributed by atoms with Crippen molar-refractivity contribution >= 4 is 11.9 Å². The van der Waals surface area contributed by atoms with E-state index in [1.165, 1.54) is 36.5 Å². The van der Waals surface area contributed by atoms with E-state index >= 15 is 0 Å². The third kappa shape index (κ3) is 4.10. The van der Waals surface area contributed by atoms with Crippen molar-refractivity contribution in [1.82, 2.24) is 10.3 Å². The molecule has 21 heavy (non-hydrogen) atoms. The number of pyridine rings is 1. The zero-order valence-electron chi connectivity index (χ0n) is 11.0. The predicted molar refractivity (Wildman–Crippen MR) is 73.2 cm³/mol. The topological polar surface area (TPSA) is 79.3 Å². The summed E-state index contributed by atoms with van der Waals surface area (Å²) in [4.78, 5) is 27.0. The van der Waals surface area contributed by atoms with Crippen molar-refractivity contribution in [2.75, 3.05) is 0 Å². The molecule has 2 rings (SSSR count). The Morgan fingerprint density at radius 3 is 2.48 bits per heavy atom. The number of carbonyl (C=O) groups is 2. The Bertz CT molecular complexity index is 629. The van der Waals surface area contributed by atoms with Gasteiger partial charge in [-0.1, -0.05) is 18.2 Å². The number of carboxylic acids is 1. The molecule has 5 nitrogen and oxygen atoms in total. The number of amides is 1. The lowest BCUT2D eigenvalue weighted by Crippen LogP contribution is -2.42. The van der Waals surface area contributed by atoms with E-state index in [2.05, 4.69) is 10.3 Å². The third-order valence-corrected chi connectivity index (χ3v) is 2.85. The Morgan fingerprint density at radius 1 is 1.19 bits per heavy atom. The maximum atomic E-state index is 12.8. The summed E-state index contributed by atoms with van der Waals surface area (Å²) < 4.78 is 12.8. The number of carbonyl (C=O) groups excluding carboxylic acids is 1. The number of halogens is 1. The Morgan fingerprint density at radius 2 is 1.90 bits per heavy atom. The SMILES string of the molecule is O=C(N[C@@H](Cc1ccc(F)cc1)C(=O)O)c1ccccn1. The van der Waals surface area contributed by atoms with Gasteiger partial charge in [0.25, 0.3) is 5.91 Å². The molecule has 108 valence electrons. The minimum Gasteiger partial charge on any atom is -0.480 e. The molecule has 6 heteroatoms. The first-order valence-electron chi connectivity index (χ1n) is 6.25. The average molecular weight is 288 g/mol. The van der Waals surface area contributed by atoms with Crippen molar-refractivity contribution in [2.45, 2.75) is 12.5 Å². The van der Waals surface area contributed by atoms with Gasteiger partial charge in [-0.15, -0.1) is 0 Å². The number of aliphatic carboxylic acids is 1. The normalized spacial score (nSPS) is 11.7. The van der Waals surface area contributed by atoms with Crippen LogP contribution in [0.2, 0.25) is 0 Å². The monoisotopic (exact) mass is 288 g/mol. The van der Waals surface area contributed by atoms with Crippen molar-refractivity contribution in [3.05, 3.63) is 65.7 Å². The second-order valence-corrected chi connectivity index (χ2v) is 4.41. The van der Waals surface area contributed by atoms with E-state index in [0.29, 0.717) is 5.56 Å². The van der Waals surface area contributed by atoms with Crippen LogP contribution in [-0.2, 0) is 11.2 Å². The van der Waals surface area contributed by atoms with Crippen LogP contribution in [0.4, 0.5) is 4.39 Å². The first kappa shape index (κ1) is 14.6. The second kappa shape index (κ2) is 6.60. The minimum atomic E-state index is -1.16. The minimum absolute atomic E-state index is 0.0637. The van der Waals surface area contributed by atoms with Crippen molar-refractivity contribution in [3.63, 3.8) is 0 Å². The highest BCUT2D eigenvalue weighted by Crippen LogP contribution is 2.07. The fraction of sp³-hybridized carbons (Fsp3) is 0.133. The summed E-state index contributed by atoms with van der Waals surface area (Å²) in [7, 11) is 0. The maximum absolute atomic E-state index is 12.8. The Labute approximate surface area is 120 Å². The summed E-state index contributed by atoms with van der Waals surface area (Å²) in [6.07, 6.45) is 1.51. The number of hydrogen-bond donors (Lipinski definition) is 2. The number of carboxylic acid groups (broad SMARTS) is 1. The Hall–Kier alpha value is -2.76. The molecular weight excluding hydrogens is 275 g/mol. The van der Waals surface area contributed by atoms with Crippen LogP contribution in [0.1, 0.15) is 16.1 Å². The molecule has 0 fully saturated rings. The molecule has 1 aromatic heterocycles. The standard InChI is InChI=1S/C15H13FN2O3/c16-11-6-4-10(5-7-11)9-13(15(20)21)18-14(19)12-3-1-2-8-17-12/h1-8,13H,9H2,(H,18,19)(H,20,21)/t13-/m0/s1. The highest BCUT2D eigenvalue weighted by Gasteiger charge is 2.21. The van der Waals surface area contributed by atoms with Crippen LogP contribution in [0.15, 0.2) is 48.7 Å². The van der Waals surface area contributed by atoms with Gasteiger partial charge in [-0.25, -0.2) is 9.18 Å². The molecule has 1 heterocycles. The first-order valence-corrected chi connectivity index (χ1v) is 6.25. The summed E-state index contributed by atoms with van der Waals surface area (Å²) in [5, 5.41) is 11.6. The van der Waals surface area contributed by atoms with Gasteiger partial charge >= 0.3 is 5.97 Å². The van der Waals surface area contributed by atoms with E-state index < -0.39 is 23.7 Å². The number of hydrogen-bond acceptors (Lipinski definition) is 3.